The molecular weight excluding hydrogens is 379 g/mol. The van der Waals surface area contributed by atoms with Gasteiger partial charge in [-0.05, 0) is 41.8 Å². The number of benzene rings is 2. The summed E-state index contributed by atoms with van der Waals surface area (Å²) in [6.45, 7) is 4.70. The molecule has 2 aliphatic heterocycles. The lowest BCUT2D eigenvalue weighted by molar-refractivity contribution is -0.121. The van der Waals surface area contributed by atoms with E-state index in [9.17, 15) is 9.18 Å². The number of nitrogens with zero attached hydrogens (tertiary/aromatic N) is 3. The fourth-order valence-electron chi connectivity index (χ4n) is 4.78. The van der Waals surface area contributed by atoms with Gasteiger partial charge in [-0.1, -0.05) is 18.2 Å². The number of fused-ring (bicyclic) bond motifs is 3. The number of hydrogen-bond acceptors (Lipinski definition) is 3. The molecule has 0 atom stereocenters. The Morgan fingerprint density at radius 3 is 2.73 bits per heavy atom. The normalized spacial score (nSPS) is 17.5. The highest BCUT2D eigenvalue weighted by Crippen LogP contribution is 2.31. The maximum atomic E-state index is 13.1. The molecule has 0 saturated carbocycles. The molecule has 2 aliphatic rings. The van der Waals surface area contributed by atoms with Gasteiger partial charge >= 0.3 is 0 Å². The smallest absolute Gasteiger partial charge is 0.241 e. The molecule has 0 radical (unpaired) electrons. The van der Waals surface area contributed by atoms with E-state index in [-0.39, 0.29) is 11.7 Å². The summed E-state index contributed by atoms with van der Waals surface area (Å²) in [7, 11) is 2.13. The van der Waals surface area contributed by atoms with Gasteiger partial charge in [-0.25, -0.2) is 4.39 Å². The van der Waals surface area contributed by atoms with Crippen molar-refractivity contribution in [1.82, 2.24) is 14.8 Å². The summed E-state index contributed by atoms with van der Waals surface area (Å²) in [5, 5.41) is 4.75. The molecule has 0 aliphatic carbocycles. The average Bonchev–Trinajstić information content (AvgIpc) is 3.05. The van der Waals surface area contributed by atoms with Gasteiger partial charge < -0.3 is 14.8 Å². The van der Waals surface area contributed by atoms with Gasteiger partial charge in [0.05, 0.1) is 12.1 Å². The van der Waals surface area contributed by atoms with Crippen LogP contribution in [0.5, 0.6) is 0 Å². The van der Waals surface area contributed by atoms with E-state index in [0.717, 1.165) is 50.3 Å². The Balaban J connectivity index is 1.29. The molecule has 1 amide bonds. The van der Waals surface area contributed by atoms with E-state index in [1.807, 2.05) is 17.0 Å². The third kappa shape index (κ3) is 3.50. The first-order valence-corrected chi connectivity index (χ1v) is 10.7. The molecule has 1 saturated heterocycles. The number of anilines is 1. The van der Waals surface area contributed by atoms with Gasteiger partial charge in [0.25, 0.3) is 0 Å². The number of nitrogens with one attached hydrogen (secondary N) is 1. The van der Waals surface area contributed by atoms with Crippen LogP contribution in [0, 0.1) is 5.82 Å². The Morgan fingerprint density at radius 2 is 1.93 bits per heavy atom. The van der Waals surface area contributed by atoms with E-state index in [0.29, 0.717) is 13.1 Å². The number of carbonyl (C=O) groups excluding carboxylic acids is 1. The average molecular weight is 407 g/mol. The van der Waals surface area contributed by atoms with Gasteiger partial charge in [0, 0.05) is 63.0 Å². The number of aromatic nitrogens is 1. The largest absolute Gasteiger partial charge is 0.347 e. The van der Waals surface area contributed by atoms with Crippen LogP contribution in [-0.4, -0.2) is 48.1 Å². The molecule has 0 unspecified atom stereocenters. The van der Waals surface area contributed by atoms with Gasteiger partial charge in [0.15, 0.2) is 0 Å². The van der Waals surface area contributed by atoms with Crippen LogP contribution in [0.1, 0.15) is 16.8 Å². The van der Waals surface area contributed by atoms with E-state index in [1.165, 1.54) is 34.3 Å². The van der Waals surface area contributed by atoms with Crippen molar-refractivity contribution in [1.29, 1.82) is 0 Å². The fourth-order valence-corrected chi connectivity index (χ4v) is 4.78. The maximum absolute atomic E-state index is 13.1. The molecule has 1 aromatic heterocycles. The van der Waals surface area contributed by atoms with Crippen molar-refractivity contribution in [2.45, 2.75) is 19.4 Å². The third-order valence-corrected chi connectivity index (χ3v) is 6.50. The number of piperazine rings is 1. The minimum absolute atomic E-state index is 0.139. The van der Waals surface area contributed by atoms with Crippen LogP contribution in [0.2, 0.25) is 0 Å². The second-order valence-corrected chi connectivity index (χ2v) is 8.31. The van der Waals surface area contributed by atoms with Crippen LogP contribution in [0.4, 0.5) is 10.1 Å². The van der Waals surface area contributed by atoms with E-state index >= 15 is 0 Å². The lowest BCUT2D eigenvalue weighted by atomic mass is 10.1. The van der Waals surface area contributed by atoms with Crippen LogP contribution in [0.25, 0.3) is 10.9 Å². The topological polar surface area (TPSA) is 40.5 Å². The number of carbonyl (C=O) groups is 1. The SMILES string of the molecule is Cn1c2c(c3ccc(N4CCN(CCc5ccc(F)cc5)CC4=O)cc31)CNCC2. The van der Waals surface area contributed by atoms with Crippen molar-refractivity contribution in [2.75, 3.05) is 37.6 Å². The van der Waals surface area contributed by atoms with Crippen molar-refractivity contribution >= 4 is 22.5 Å². The maximum Gasteiger partial charge on any atom is 0.241 e. The minimum atomic E-state index is -0.213. The third-order valence-electron chi connectivity index (χ3n) is 6.50. The molecule has 0 bridgehead atoms. The molecule has 5 nitrogen and oxygen atoms in total. The van der Waals surface area contributed by atoms with Crippen LogP contribution in [0.3, 0.4) is 0 Å². The van der Waals surface area contributed by atoms with Crippen LogP contribution < -0.4 is 10.2 Å². The zero-order valence-electron chi connectivity index (χ0n) is 17.3. The monoisotopic (exact) mass is 406 g/mol. The van der Waals surface area contributed by atoms with Crippen molar-refractivity contribution in [3.63, 3.8) is 0 Å². The lowest BCUT2D eigenvalue weighted by Crippen LogP contribution is -2.50. The molecule has 2 aromatic carbocycles. The Morgan fingerprint density at radius 1 is 1.10 bits per heavy atom. The molecule has 1 fully saturated rings. The Labute approximate surface area is 176 Å². The number of halogens is 1. The van der Waals surface area contributed by atoms with Gasteiger partial charge in [-0.15, -0.1) is 0 Å². The summed E-state index contributed by atoms with van der Waals surface area (Å²) in [6.07, 6.45) is 1.87. The molecule has 3 heterocycles. The van der Waals surface area contributed by atoms with E-state index in [4.69, 9.17) is 0 Å². The summed E-state index contributed by atoms with van der Waals surface area (Å²) in [4.78, 5) is 17.0. The number of hydrogen-bond donors (Lipinski definition) is 1. The van der Waals surface area contributed by atoms with Crippen LogP contribution in [-0.2, 0) is 31.2 Å². The Bertz CT molecular complexity index is 1090. The highest BCUT2D eigenvalue weighted by Gasteiger charge is 2.26. The summed E-state index contributed by atoms with van der Waals surface area (Å²) in [6, 6.07) is 13.0. The second-order valence-electron chi connectivity index (χ2n) is 8.31. The van der Waals surface area contributed by atoms with E-state index in [1.54, 1.807) is 0 Å². The number of amides is 1. The zero-order chi connectivity index (χ0) is 20.7. The predicted molar refractivity (Wildman–Crippen MR) is 117 cm³/mol. The van der Waals surface area contributed by atoms with Crippen molar-refractivity contribution in [3.8, 4) is 0 Å². The molecular formula is C24H27FN4O. The zero-order valence-corrected chi connectivity index (χ0v) is 17.3. The molecule has 156 valence electrons. The minimum Gasteiger partial charge on any atom is -0.347 e. The van der Waals surface area contributed by atoms with E-state index in [2.05, 4.69) is 40.0 Å². The van der Waals surface area contributed by atoms with E-state index < -0.39 is 0 Å². The van der Waals surface area contributed by atoms with Gasteiger partial charge in [-0.3, -0.25) is 9.69 Å². The van der Waals surface area contributed by atoms with Crippen molar-refractivity contribution in [3.05, 3.63) is 65.1 Å². The number of aryl methyl sites for hydroxylation is 1. The first-order chi connectivity index (χ1) is 14.6. The van der Waals surface area contributed by atoms with Crippen molar-refractivity contribution in [2.24, 2.45) is 7.05 Å². The highest BCUT2D eigenvalue weighted by atomic mass is 19.1. The molecule has 30 heavy (non-hydrogen) atoms. The predicted octanol–water partition coefficient (Wildman–Crippen LogP) is 2.85. The van der Waals surface area contributed by atoms with Gasteiger partial charge in [0.1, 0.15) is 5.82 Å². The quantitative estimate of drug-likeness (QED) is 0.724. The molecule has 6 heteroatoms. The first-order valence-electron chi connectivity index (χ1n) is 10.7. The van der Waals surface area contributed by atoms with Crippen molar-refractivity contribution < 1.29 is 9.18 Å². The standard InChI is InChI=1S/C24H27FN4O/c1-27-22-8-10-26-15-21(22)20-7-6-19(14-23(20)27)29-13-12-28(16-24(29)30)11-9-17-2-4-18(25)5-3-17/h2-7,14,26H,8-13,15-16H2,1H3. The summed E-state index contributed by atoms with van der Waals surface area (Å²) < 4.78 is 15.4. The molecule has 5 rings (SSSR count). The van der Waals surface area contributed by atoms with Crippen LogP contribution in [0.15, 0.2) is 42.5 Å². The molecule has 0 spiro atoms. The Hall–Kier alpha value is -2.70. The Kier molecular flexibility index (Phi) is 5.05. The number of rotatable bonds is 4. The summed E-state index contributed by atoms with van der Waals surface area (Å²) in [5.41, 5.74) is 6.07. The first kappa shape index (κ1) is 19.3. The molecule has 1 N–H and O–H groups in total. The van der Waals surface area contributed by atoms with Gasteiger partial charge in [0.2, 0.25) is 5.91 Å². The highest BCUT2D eigenvalue weighted by molar-refractivity contribution is 5.98. The molecule has 3 aromatic rings. The van der Waals surface area contributed by atoms with Crippen LogP contribution >= 0.6 is 0 Å². The van der Waals surface area contributed by atoms with Gasteiger partial charge in [-0.2, -0.15) is 0 Å². The second kappa shape index (κ2) is 7.85. The summed E-state index contributed by atoms with van der Waals surface area (Å²) in [5.74, 6) is -0.0739. The lowest BCUT2D eigenvalue weighted by Gasteiger charge is -2.34. The fraction of sp³-hybridized carbons (Fsp3) is 0.375. The summed E-state index contributed by atoms with van der Waals surface area (Å²) >= 11 is 0.